The summed E-state index contributed by atoms with van der Waals surface area (Å²) in [6, 6.07) is 98.0. The topological polar surface area (TPSA) is 8.17 Å². The first-order valence-corrected chi connectivity index (χ1v) is 23.2. The summed E-state index contributed by atoms with van der Waals surface area (Å²) in [5.74, 6) is 0. The molecule has 0 fully saturated rings. The zero-order valence-corrected chi connectivity index (χ0v) is 36.8. The van der Waals surface area contributed by atoms with E-state index in [4.69, 9.17) is 0 Å². The van der Waals surface area contributed by atoms with Crippen LogP contribution in [-0.2, 0) is 5.41 Å². The standard InChI is InChI=1S/C65H44N2/c1-4-22-50(23-5-1)65(51-24-6-2-7-25-51)60-31-14-12-29-56(60)57-41-39-54(44-61(57)65)66(52-26-8-3-9-27-52)53-37-34-45(35-38-53)47-20-16-21-48(42-47)49-36-40-59-58-30-13-15-32-63(58)67(64(59)43-49)62-33-17-19-46-18-10-11-28-55(46)62/h1-44H. The van der Waals surface area contributed by atoms with Gasteiger partial charge >= 0.3 is 0 Å². The number of para-hydroxylation sites is 2. The highest BCUT2D eigenvalue weighted by atomic mass is 15.1. The van der Waals surface area contributed by atoms with E-state index in [-0.39, 0.29) is 0 Å². The van der Waals surface area contributed by atoms with E-state index in [1.165, 1.54) is 93.9 Å². The minimum absolute atomic E-state index is 0.487. The van der Waals surface area contributed by atoms with Gasteiger partial charge in [0.15, 0.2) is 0 Å². The van der Waals surface area contributed by atoms with Crippen LogP contribution >= 0.6 is 0 Å². The zero-order chi connectivity index (χ0) is 44.3. The SMILES string of the molecule is c1ccc(N(c2ccc(-c3cccc(-c4ccc5c6ccccc6n(-c6cccc7ccccc67)c5c4)c3)cc2)c2ccc3c(c2)C(c2ccccc2)(c2ccccc2)c2ccccc2-3)cc1. The zero-order valence-electron chi connectivity index (χ0n) is 36.8. The molecule has 1 aliphatic carbocycles. The summed E-state index contributed by atoms with van der Waals surface area (Å²) in [6.07, 6.45) is 0. The molecule has 1 heterocycles. The highest BCUT2D eigenvalue weighted by molar-refractivity contribution is 6.11. The van der Waals surface area contributed by atoms with Crippen LogP contribution in [0.4, 0.5) is 17.1 Å². The smallest absolute Gasteiger partial charge is 0.0714 e. The first kappa shape index (κ1) is 38.7. The Labute approximate surface area is 390 Å². The summed E-state index contributed by atoms with van der Waals surface area (Å²) >= 11 is 0. The molecule has 0 amide bonds. The van der Waals surface area contributed by atoms with Crippen LogP contribution in [-0.4, -0.2) is 4.57 Å². The molecule has 1 aromatic heterocycles. The summed E-state index contributed by atoms with van der Waals surface area (Å²) in [4.78, 5) is 2.40. The van der Waals surface area contributed by atoms with Gasteiger partial charge in [0.05, 0.1) is 22.1 Å². The van der Waals surface area contributed by atoms with Gasteiger partial charge in [-0.05, 0) is 122 Å². The molecule has 0 saturated heterocycles. The van der Waals surface area contributed by atoms with E-state index in [0.29, 0.717) is 0 Å². The number of aromatic nitrogens is 1. The number of anilines is 3. The predicted octanol–water partition coefficient (Wildman–Crippen LogP) is 17.1. The Hall–Kier alpha value is -8.72. The van der Waals surface area contributed by atoms with Gasteiger partial charge in [0.25, 0.3) is 0 Å². The van der Waals surface area contributed by atoms with Crippen LogP contribution in [0.1, 0.15) is 22.3 Å². The van der Waals surface area contributed by atoms with E-state index < -0.39 is 5.41 Å². The van der Waals surface area contributed by atoms with Crippen molar-refractivity contribution in [1.29, 1.82) is 0 Å². The number of fused-ring (bicyclic) bond motifs is 7. The van der Waals surface area contributed by atoms with E-state index in [0.717, 1.165) is 17.1 Å². The summed E-state index contributed by atoms with van der Waals surface area (Å²) < 4.78 is 2.45. The maximum atomic E-state index is 2.45. The van der Waals surface area contributed by atoms with Crippen LogP contribution < -0.4 is 4.90 Å². The van der Waals surface area contributed by atoms with Crippen molar-refractivity contribution in [2.24, 2.45) is 0 Å². The normalized spacial score (nSPS) is 12.6. The first-order chi connectivity index (χ1) is 33.2. The van der Waals surface area contributed by atoms with Gasteiger partial charge in [-0.15, -0.1) is 0 Å². The average molecular weight is 853 g/mol. The lowest BCUT2D eigenvalue weighted by atomic mass is 9.67. The molecular weight excluding hydrogens is 809 g/mol. The minimum Gasteiger partial charge on any atom is -0.310 e. The van der Waals surface area contributed by atoms with Crippen molar-refractivity contribution in [2.75, 3.05) is 4.90 Å². The van der Waals surface area contributed by atoms with Crippen molar-refractivity contribution in [2.45, 2.75) is 5.41 Å². The summed E-state index contributed by atoms with van der Waals surface area (Å²) in [7, 11) is 0. The van der Waals surface area contributed by atoms with Gasteiger partial charge in [-0.3, -0.25) is 0 Å². The molecule has 0 saturated carbocycles. The van der Waals surface area contributed by atoms with Gasteiger partial charge in [0.1, 0.15) is 0 Å². The second-order valence-electron chi connectivity index (χ2n) is 17.6. The molecule has 11 aromatic carbocycles. The fourth-order valence-corrected chi connectivity index (χ4v) is 11.1. The van der Waals surface area contributed by atoms with Gasteiger partial charge in [-0.1, -0.05) is 206 Å². The van der Waals surface area contributed by atoms with E-state index in [2.05, 4.69) is 276 Å². The quantitative estimate of drug-likeness (QED) is 0.148. The third kappa shape index (κ3) is 6.18. The van der Waals surface area contributed by atoms with Crippen LogP contribution in [0.3, 0.4) is 0 Å². The number of rotatable bonds is 8. The number of nitrogens with zero attached hydrogens (tertiary/aromatic N) is 2. The largest absolute Gasteiger partial charge is 0.310 e. The Balaban J connectivity index is 0.905. The lowest BCUT2D eigenvalue weighted by Gasteiger charge is -2.35. The van der Waals surface area contributed by atoms with Gasteiger partial charge in [-0.25, -0.2) is 0 Å². The number of hydrogen-bond donors (Lipinski definition) is 0. The lowest BCUT2D eigenvalue weighted by Crippen LogP contribution is -2.28. The minimum atomic E-state index is -0.487. The predicted molar refractivity (Wildman–Crippen MR) is 281 cm³/mol. The third-order valence-corrected chi connectivity index (χ3v) is 14.1. The van der Waals surface area contributed by atoms with E-state index in [9.17, 15) is 0 Å². The Morgan fingerprint density at radius 3 is 1.61 bits per heavy atom. The van der Waals surface area contributed by atoms with Crippen molar-refractivity contribution in [3.8, 4) is 39.1 Å². The van der Waals surface area contributed by atoms with Gasteiger partial charge in [0, 0.05) is 33.2 Å². The Bertz CT molecular complexity index is 3750. The van der Waals surface area contributed by atoms with Crippen LogP contribution in [0, 0.1) is 0 Å². The van der Waals surface area contributed by atoms with Crippen LogP contribution in [0.15, 0.2) is 267 Å². The molecule has 0 spiro atoms. The molecule has 67 heavy (non-hydrogen) atoms. The molecule has 0 bridgehead atoms. The highest BCUT2D eigenvalue weighted by Crippen LogP contribution is 2.57. The molecule has 1 aliphatic rings. The van der Waals surface area contributed by atoms with Crippen LogP contribution in [0.25, 0.3) is 71.6 Å². The van der Waals surface area contributed by atoms with Crippen molar-refractivity contribution >= 4 is 49.6 Å². The third-order valence-electron chi connectivity index (χ3n) is 14.1. The second-order valence-corrected chi connectivity index (χ2v) is 17.6. The van der Waals surface area contributed by atoms with Crippen molar-refractivity contribution < 1.29 is 0 Å². The molecule has 2 heteroatoms. The molecule has 0 radical (unpaired) electrons. The summed E-state index contributed by atoms with van der Waals surface area (Å²) in [5.41, 5.74) is 18.8. The molecule has 0 N–H and O–H groups in total. The second kappa shape index (κ2) is 15.8. The molecule has 2 nitrogen and oxygen atoms in total. The van der Waals surface area contributed by atoms with Crippen molar-refractivity contribution in [1.82, 2.24) is 4.57 Å². The van der Waals surface area contributed by atoms with Crippen molar-refractivity contribution in [3.63, 3.8) is 0 Å². The molecule has 314 valence electrons. The average Bonchev–Trinajstić information content (AvgIpc) is 3.89. The summed E-state index contributed by atoms with van der Waals surface area (Å²) in [6.45, 7) is 0. The molecule has 0 atom stereocenters. The molecule has 12 aromatic rings. The van der Waals surface area contributed by atoms with Crippen LogP contribution in [0.2, 0.25) is 0 Å². The molecule has 13 rings (SSSR count). The van der Waals surface area contributed by atoms with Gasteiger partial charge in [-0.2, -0.15) is 0 Å². The maximum absolute atomic E-state index is 2.45. The highest BCUT2D eigenvalue weighted by Gasteiger charge is 2.46. The van der Waals surface area contributed by atoms with Gasteiger partial charge in [0.2, 0.25) is 0 Å². The maximum Gasteiger partial charge on any atom is 0.0714 e. The Morgan fingerprint density at radius 2 is 0.836 bits per heavy atom. The number of hydrogen-bond acceptors (Lipinski definition) is 1. The van der Waals surface area contributed by atoms with E-state index in [1.54, 1.807) is 0 Å². The first-order valence-electron chi connectivity index (χ1n) is 23.2. The van der Waals surface area contributed by atoms with Gasteiger partial charge < -0.3 is 9.47 Å². The van der Waals surface area contributed by atoms with Crippen molar-refractivity contribution in [3.05, 3.63) is 289 Å². The van der Waals surface area contributed by atoms with E-state index in [1.807, 2.05) is 0 Å². The molecule has 0 unspecified atom stereocenters. The fourth-order valence-electron chi connectivity index (χ4n) is 11.1. The molecular formula is C65H44N2. The lowest BCUT2D eigenvalue weighted by molar-refractivity contribution is 0.768. The van der Waals surface area contributed by atoms with Crippen LogP contribution in [0.5, 0.6) is 0 Å². The van der Waals surface area contributed by atoms with E-state index >= 15 is 0 Å². The summed E-state index contributed by atoms with van der Waals surface area (Å²) in [5, 5.41) is 4.98. The Morgan fingerprint density at radius 1 is 0.299 bits per heavy atom. The fraction of sp³-hybridized carbons (Fsp3) is 0.0154. The number of benzene rings is 11. The molecule has 0 aliphatic heterocycles. The Kier molecular flexibility index (Phi) is 9.11. The monoisotopic (exact) mass is 852 g/mol.